The highest BCUT2D eigenvalue weighted by Gasteiger charge is 2.24. The minimum atomic E-state index is 0.492. The molecule has 4 rings (SSSR count). The summed E-state index contributed by atoms with van der Waals surface area (Å²) >= 11 is 6.28. The lowest BCUT2D eigenvalue weighted by atomic mass is 9.89. The standard InChI is InChI=1S/C22H27ClN4O/c1-3-12-28-21-5-4-17(23)13-18(21)16-7-10-27(11-8-16)15-22-25-19-14-24-9-6-20(19)26(22)2/h4-6,9,13-14,16H,3,7-8,10-12,15H2,1-2H3. The van der Waals surface area contributed by atoms with Crippen LogP contribution in [0.1, 0.15) is 43.5 Å². The van der Waals surface area contributed by atoms with Crippen LogP contribution in [0.15, 0.2) is 36.7 Å². The number of likely N-dealkylation sites (tertiary alicyclic amines) is 1. The van der Waals surface area contributed by atoms with E-state index in [-0.39, 0.29) is 0 Å². The van der Waals surface area contributed by atoms with Crippen LogP contribution in [-0.2, 0) is 13.6 Å². The van der Waals surface area contributed by atoms with Crippen molar-refractivity contribution < 1.29 is 4.74 Å². The van der Waals surface area contributed by atoms with Crippen molar-refractivity contribution in [2.24, 2.45) is 7.05 Å². The third kappa shape index (κ3) is 4.01. The normalized spacial score (nSPS) is 16.0. The maximum absolute atomic E-state index is 6.28. The van der Waals surface area contributed by atoms with Crippen LogP contribution in [0.4, 0.5) is 0 Å². The predicted octanol–water partition coefficient (Wildman–Crippen LogP) is 4.79. The van der Waals surface area contributed by atoms with Crippen LogP contribution in [0.5, 0.6) is 5.75 Å². The molecule has 0 bridgehead atoms. The van der Waals surface area contributed by atoms with Crippen LogP contribution in [0, 0.1) is 0 Å². The smallest absolute Gasteiger partial charge is 0.123 e. The number of aryl methyl sites for hydroxylation is 1. The molecule has 1 aliphatic rings. The van der Waals surface area contributed by atoms with Gasteiger partial charge in [-0.3, -0.25) is 9.88 Å². The Bertz CT molecular complexity index is 947. The zero-order valence-corrected chi connectivity index (χ0v) is 17.3. The fourth-order valence-corrected chi connectivity index (χ4v) is 4.21. The first-order chi connectivity index (χ1) is 13.7. The number of rotatable bonds is 6. The van der Waals surface area contributed by atoms with E-state index in [9.17, 15) is 0 Å². The Kier molecular flexibility index (Phi) is 5.83. The van der Waals surface area contributed by atoms with Gasteiger partial charge in [-0.15, -0.1) is 0 Å². The monoisotopic (exact) mass is 398 g/mol. The highest BCUT2D eigenvalue weighted by Crippen LogP contribution is 2.36. The van der Waals surface area contributed by atoms with Gasteiger partial charge < -0.3 is 9.30 Å². The molecule has 0 radical (unpaired) electrons. The maximum Gasteiger partial charge on any atom is 0.123 e. The highest BCUT2D eigenvalue weighted by atomic mass is 35.5. The topological polar surface area (TPSA) is 43.2 Å². The summed E-state index contributed by atoms with van der Waals surface area (Å²) in [5.41, 5.74) is 3.36. The van der Waals surface area contributed by atoms with Crippen molar-refractivity contribution in [3.05, 3.63) is 53.1 Å². The molecule has 0 unspecified atom stereocenters. The maximum atomic E-state index is 6.28. The van der Waals surface area contributed by atoms with E-state index in [2.05, 4.69) is 34.5 Å². The number of nitrogens with zero attached hydrogens (tertiary/aromatic N) is 4. The fraction of sp³-hybridized carbons (Fsp3) is 0.455. The summed E-state index contributed by atoms with van der Waals surface area (Å²) in [5, 5.41) is 0.787. The third-order valence-corrected chi connectivity index (χ3v) is 5.84. The summed E-state index contributed by atoms with van der Waals surface area (Å²) in [6.45, 7) is 5.84. The van der Waals surface area contributed by atoms with Gasteiger partial charge in [0.25, 0.3) is 0 Å². The van der Waals surface area contributed by atoms with Crippen molar-refractivity contribution in [1.29, 1.82) is 0 Å². The first-order valence-electron chi connectivity index (χ1n) is 10.1. The van der Waals surface area contributed by atoms with Crippen LogP contribution in [0.3, 0.4) is 0 Å². The molecule has 5 nitrogen and oxygen atoms in total. The number of imidazole rings is 1. The summed E-state index contributed by atoms with van der Waals surface area (Å²) in [5.74, 6) is 2.58. The number of fused-ring (bicyclic) bond motifs is 1. The Morgan fingerprint density at radius 3 is 2.79 bits per heavy atom. The average molecular weight is 399 g/mol. The van der Waals surface area contributed by atoms with Gasteiger partial charge in [0.1, 0.15) is 17.1 Å². The molecule has 1 saturated heterocycles. The molecular formula is C22H27ClN4O. The zero-order chi connectivity index (χ0) is 19.5. The molecule has 0 spiro atoms. The molecule has 0 amide bonds. The molecule has 0 N–H and O–H groups in total. The van der Waals surface area contributed by atoms with Crippen LogP contribution >= 0.6 is 11.6 Å². The number of halogens is 1. The largest absolute Gasteiger partial charge is 0.493 e. The van der Waals surface area contributed by atoms with Crippen LogP contribution in [0.2, 0.25) is 5.02 Å². The third-order valence-electron chi connectivity index (χ3n) is 5.60. The van der Waals surface area contributed by atoms with Gasteiger partial charge in [0.05, 0.1) is 24.9 Å². The average Bonchev–Trinajstić information content (AvgIpc) is 3.03. The molecule has 1 aromatic carbocycles. The number of hydrogen-bond acceptors (Lipinski definition) is 4. The Hall–Kier alpha value is -2.11. The fourth-order valence-electron chi connectivity index (χ4n) is 4.03. The zero-order valence-electron chi connectivity index (χ0n) is 16.6. The Balaban J connectivity index is 1.43. The lowest BCUT2D eigenvalue weighted by Gasteiger charge is -2.32. The molecule has 28 heavy (non-hydrogen) atoms. The summed E-state index contributed by atoms with van der Waals surface area (Å²) < 4.78 is 8.15. The van der Waals surface area contributed by atoms with Crippen LogP contribution < -0.4 is 4.74 Å². The molecule has 0 aliphatic carbocycles. The molecule has 1 aliphatic heterocycles. The number of ether oxygens (including phenoxy) is 1. The summed E-state index contributed by atoms with van der Waals surface area (Å²) in [4.78, 5) is 11.4. The summed E-state index contributed by atoms with van der Waals surface area (Å²) in [6, 6.07) is 8.05. The van der Waals surface area contributed by atoms with Crippen molar-refractivity contribution in [2.45, 2.75) is 38.6 Å². The van der Waals surface area contributed by atoms with E-state index in [0.717, 1.165) is 73.1 Å². The second-order valence-corrected chi connectivity index (χ2v) is 7.97. The lowest BCUT2D eigenvalue weighted by Crippen LogP contribution is -2.33. The molecule has 3 aromatic rings. The van der Waals surface area contributed by atoms with E-state index in [0.29, 0.717) is 5.92 Å². The Morgan fingerprint density at radius 2 is 2.04 bits per heavy atom. The molecule has 1 fully saturated rings. The minimum absolute atomic E-state index is 0.492. The van der Waals surface area contributed by atoms with Crippen molar-refractivity contribution >= 4 is 22.6 Å². The van der Waals surface area contributed by atoms with E-state index < -0.39 is 0 Å². The Morgan fingerprint density at radius 1 is 1.21 bits per heavy atom. The van der Waals surface area contributed by atoms with E-state index >= 15 is 0 Å². The second kappa shape index (κ2) is 8.50. The Labute approximate surface area is 171 Å². The van der Waals surface area contributed by atoms with Crippen molar-refractivity contribution in [2.75, 3.05) is 19.7 Å². The van der Waals surface area contributed by atoms with E-state index in [4.69, 9.17) is 21.3 Å². The van der Waals surface area contributed by atoms with Gasteiger partial charge in [0.15, 0.2) is 0 Å². The van der Waals surface area contributed by atoms with E-state index in [1.165, 1.54) is 5.56 Å². The van der Waals surface area contributed by atoms with Gasteiger partial charge in [0.2, 0.25) is 0 Å². The predicted molar refractivity (Wildman–Crippen MR) is 113 cm³/mol. The summed E-state index contributed by atoms with van der Waals surface area (Å²) in [7, 11) is 2.08. The molecular weight excluding hydrogens is 372 g/mol. The van der Waals surface area contributed by atoms with Gasteiger partial charge in [-0.1, -0.05) is 18.5 Å². The van der Waals surface area contributed by atoms with Crippen molar-refractivity contribution in [3.63, 3.8) is 0 Å². The number of hydrogen-bond donors (Lipinski definition) is 0. The van der Waals surface area contributed by atoms with Crippen LogP contribution in [-0.4, -0.2) is 39.1 Å². The number of benzene rings is 1. The molecule has 2 aromatic heterocycles. The number of piperidine rings is 1. The van der Waals surface area contributed by atoms with Gasteiger partial charge in [-0.2, -0.15) is 0 Å². The molecule has 148 valence electrons. The van der Waals surface area contributed by atoms with E-state index in [1.54, 1.807) is 0 Å². The number of aromatic nitrogens is 3. The molecule has 6 heteroatoms. The lowest BCUT2D eigenvalue weighted by molar-refractivity contribution is 0.196. The van der Waals surface area contributed by atoms with Crippen molar-refractivity contribution in [1.82, 2.24) is 19.4 Å². The van der Waals surface area contributed by atoms with E-state index in [1.807, 2.05) is 30.6 Å². The quantitative estimate of drug-likeness (QED) is 0.598. The van der Waals surface area contributed by atoms with Gasteiger partial charge in [0, 0.05) is 18.3 Å². The minimum Gasteiger partial charge on any atom is -0.493 e. The SMILES string of the molecule is CCCOc1ccc(Cl)cc1C1CCN(Cc2nc3cnccc3n2C)CC1. The first-order valence-corrected chi connectivity index (χ1v) is 10.4. The van der Waals surface area contributed by atoms with Gasteiger partial charge >= 0.3 is 0 Å². The molecule has 0 saturated carbocycles. The van der Waals surface area contributed by atoms with Gasteiger partial charge in [-0.25, -0.2) is 4.98 Å². The first kappa shape index (κ1) is 19.2. The highest BCUT2D eigenvalue weighted by molar-refractivity contribution is 6.30. The van der Waals surface area contributed by atoms with Gasteiger partial charge in [-0.05, 0) is 68.1 Å². The molecule has 0 atom stereocenters. The second-order valence-electron chi connectivity index (χ2n) is 7.53. The summed E-state index contributed by atoms with van der Waals surface area (Å²) in [6.07, 6.45) is 6.88. The van der Waals surface area contributed by atoms with Crippen molar-refractivity contribution in [3.8, 4) is 5.75 Å². The van der Waals surface area contributed by atoms with Crippen LogP contribution in [0.25, 0.3) is 11.0 Å². The molecule has 3 heterocycles. The number of pyridine rings is 1.